The Morgan fingerprint density at radius 1 is 1.20 bits per heavy atom. The van der Waals surface area contributed by atoms with Crippen LogP contribution < -0.4 is 10.2 Å². The molecule has 9 heteroatoms. The first-order chi connectivity index (χ1) is 14.6. The minimum atomic E-state index is -0.404. The average molecular weight is 423 g/mol. The Hall–Kier alpha value is -3.46. The number of carbonyl (C=O) groups excluding carboxylic acids is 2. The van der Waals surface area contributed by atoms with Crippen LogP contribution >= 0.6 is 11.8 Å². The van der Waals surface area contributed by atoms with Gasteiger partial charge in [0.05, 0.1) is 22.7 Å². The first-order valence-electron chi connectivity index (χ1n) is 9.19. The molecule has 0 bridgehead atoms. The third-order valence-electron chi connectivity index (χ3n) is 4.54. The van der Waals surface area contributed by atoms with E-state index in [0.717, 1.165) is 0 Å². The predicted molar refractivity (Wildman–Crippen MR) is 114 cm³/mol. The van der Waals surface area contributed by atoms with Crippen molar-refractivity contribution in [2.75, 3.05) is 22.5 Å². The van der Waals surface area contributed by atoms with Crippen LogP contribution in [0.3, 0.4) is 0 Å². The monoisotopic (exact) mass is 423 g/mol. The lowest BCUT2D eigenvalue weighted by Crippen LogP contribution is -2.43. The number of rotatable bonds is 6. The van der Waals surface area contributed by atoms with Gasteiger partial charge in [-0.1, -0.05) is 42.1 Å². The SMILES string of the molecule is C=CCn1c(SCC(=O)N2CC(=O)Nc3ccccc32)nnc1-c1ccccc1F. The smallest absolute Gasteiger partial charge is 0.244 e. The van der Waals surface area contributed by atoms with Crippen LogP contribution in [-0.4, -0.2) is 38.9 Å². The molecule has 152 valence electrons. The summed E-state index contributed by atoms with van der Waals surface area (Å²) in [6.07, 6.45) is 1.66. The van der Waals surface area contributed by atoms with Gasteiger partial charge in [0.25, 0.3) is 0 Å². The van der Waals surface area contributed by atoms with E-state index in [4.69, 9.17) is 0 Å². The molecule has 30 heavy (non-hydrogen) atoms. The minimum absolute atomic E-state index is 0.0454. The molecular formula is C21H18FN5O2S. The molecule has 1 aliphatic heterocycles. The number of nitrogens with one attached hydrogen (secondary N) is 1. The predicted octanol–water partition coefficient (Wildman–Crippen LogP) is 3.35. The second-order valence-electron chi connectivity index (χ2n) is 6.52. The van der Waals surface area contributed by atoms with Crippen molar-refractivity contribution < 1.29 is 14.0 Å². The number of hydrogen-bond donors (Lipinski definition) is 1. The Morgan fingerprint density at radius 3 is 2.77 bits per heavy atom. The molecule has 0 atom stereocenters. The van der Waals surface area contributed by atoms with Gasteiger partial charge in [-0.3, -0.25) is 14.2 Å². The van der Waals surface area contributed by atoms with Gasteiger partial charge in [0.2, 0.25) is 11.8 Å². The Balaban J connectivity index is 1.56. The normalized spacial score (nSPS) is 13.0. The zero-order valence-corrected chi connectivity index (χ0v) is 16.7. The molecule has 4 rings (SSSR count). The van der Waals surface area contributed by atoms with Crippen molar-refractivity contribution >= 4 is 35.0 Å². The van der Waals surface area contributed by atoms with Gasteiger partial charge in [-0.15, -0.1) is 16.8 Å². The molecule has 0 spiro atoms. The van der Waals surface area contributed by atoms with Crippen LogP contribution in [0.1, 0.15) is 0 Å². The van der Waals surface area contributed by atoms with Crippen LogP contribution in [0.5, 0.6) is 0 Å². The standard InChI is InChI=1S/C21H18FN5O2S/c1-2-11-26-20(14-7-3-4-8-15(14)22)24-25-21(26)30-13-19(29)27-12-18(28)23-16-9-5-6-10-17(16)27/h2-10H,1,11-13H2,(H,23,28). The van der Waals surface area contributed by atoms with Crippen molar-refractivity contribution in [3.8, 4) is 11.4 Å². The van der Waals surface area contributed by atoms with Gasteiger partial charge in [-0.2, -0.15) is 0 Å². The Morgan fingerprint density at radius 2 is 1.97 bits per heavy atom. The summed E-state index contributed by atoms with van der Waals surface area (Å²) >= 11 is 1.18. The van der Waals surface area contributed by atoms with Gasteiger partial charge in [0, 0.05) is 6.54 Å². The van der Waals surface area contributed by atoms with E-state index in [2.05, 4.69) is 22.1 Å². The number of para-hydroxylation sites is 2. The fourth-order valence-corrected chi connectivity index (χ4v) is 4.01. The second-order valence-corrected chi connectivity index (χ2v) is 7.46. The minimum Gasteiger partial charge on any atom is -0.323 e. The lowest BCUT2D eigenvalue weighted by molar-refractivity contribution is -0.120. The Labute approximate surface area is 176 Å². The molecule has 1 aromatic heterocycles. The van der Waals surface area contributed by atoms with E-state index in [1.807, 2.05) is 6.07 Å². The fraction of sp³-hybridized carbons (Fsp3) is 0.143. The summed E-state index contributed by atoms with van der Waals surface area (Å²) in [5, 5.41) is 11.5. The number of halogens is 1. The van der Waals surface area contributed by atoms with Crippen molar-refractivity contribution in [2.24, 2.45) is 0 Å². The maximum absolute atomic E-state index is 14.2. The lowest BCUT2D eigenvalue weighted by Gasteiger charge is -2.29. The Kier molecular flexibility index (Phi) is 5.62. The van der Waals surface area contributed by atoms with Crippen LogP contribution in [0.4, 0.5) is 15.8 Å². The fourth-order valence-electron chi connectivity index (χ4n) is 3.19. The molecule has 2 aromatic carbocycles. The summed E-state index contributed by atoms with van der Waals surface area (Å²) in [5.74, 6) is -0.468. The quantitative estimate of drug-likeness (QED) is 0.486. The van der Waals surface area contributed by atoms with E-state index >= 15 is 0 Å². The largest absolute Gasteiger partial charge is 0.323 e. The summed E-state index contributed by atoms with van der Waals surface area (Å²) in [7, 11) is 0. The van der Waals surface area contributed by atoms with Gasteiger partial charge in [0.15, 0.2) is 11.0 Å². The molecule has 0 saturated carbocycles. The van der Waals surface area contributed by atoms with Crippen LogP contribution in [0.15, 0.2) is 66.3 Å². The molecular weight excluding hydrogens is 405 g/mol. The van der Waals surface area contributed by atoms with Gasteiger partial charge in [-0.05, 0) is 24.3 Å². The van der Waals surface area contributed by atoms with Crippen molar-refractivity contribution in [3.05, 3.63) is 67.0 Å². The highest BCUT2D eigenvalue weighted by Crippen LogP contribution is 2.31. The number of thioether (sulfide) groups is 1. The van der Waals surface area contributed by atoms with Gasteiger partial charge in [-0.25, -0.2) is 4.39 Å². The van der Waals surface area contributed by atoms with Crippen LogP contribution in [0.25, 0.3) is 11.4 Å². The number of amides is 2. The number of carbonyl (C=O) groups is 2. The molecule has 0 fully saturated rings. The maximum atomic E-state index is 14.2. The van der Waals surface area contributed by atoms with Gasteiger partial charge < -0.3 is 10.2 Å². The van der Waals surface area contributed by atoms with Crippen LogP contribution in [0.2, 0.25) is 0 Å². The summed E-state index contributed by atoms with van der Waals surface area (Å²) in [5.41, 5.74) is 1.58. The van der Waals surface area contributed by atoms with E-state index < -0.39 is 5.82 Å². The second kappa shape index (κ2) is 8.50. The number of aromatic nitrogens is 3. The summed E-state index contributed by atoms with van der Waals surface area (Å²) in [4.78, 5) is 26.3. The van der Waals surface area contributed by atoms with E-state index in [0.29, 0.717) is 34.5 Å². The molecule has 7 nitrogen and oxygen atoms in total. The van der Waals surface area contributed by atoms with Crippen LogP contribution in [0, 0.1) is 5.82 Å². The molecule has 2 heterocycles. The lowest BCUT2D eigenvalue weighted by atomic mass is 10.2. The maximum Gasteiger partial charge on any atom is 0.244 e. The number of allylic oxidation sites excluding steroid dienone is 1. The molecule has 0 aliphatic carbocycles. The third-order valence-corrected chi connectivity index (χ3v) is 5.49. The zero-order chi connectivity index (χ0) is 21.1. The van der Waals surface area contributed by atoms with Gasteiger partial charge >= 0.3 is 0 Å². The molecule has 2 amide bonds. The van der Waals surface area contributed by atoms with Gasteiger partial charge in [0.1, 0.15) is 12.4 Å². The summed E-state index contributed by atoms with van der Waals surface area (Å²) < 4.78 is 15.9. The van der Waals surface area contributed by atoms with E-state index in [-0.39, 0.29) is 24.1 Å². The molecule has 3 aromatic rings. The number of benzene rings is 2. The molecule has 0 saturated heterocycles. The zero-order valence-electron chi connectivity index (χ0n) is 15.9. The molecule has 1 N–H and O–H groups in total. The van der Waals surface area contributed by atoms with Crippen molar-refractivity contribution in [1.29, 1.82) is 0 Å². The third kappa shape index (κ3) is 3.84. The summed E-state index contributed by atoms with van der Waals surface area (Å²) in [6.45, 7) is 4.05. The van der Waals surface area contributed by atoms with E-state index in [1.54, 1.807) is 47.0 Å². The number of fused-ring (bicyclic) bond motifs is 1. The van der Waals surface area contributed by atoms with E-state index in [9.17, 15) is 14.0 Å². The van der Waals surface area contributed by atoms with Crippen LogP contribution in [-0.2, 0) is 16.1 Å². The van der Waals surface area contributed by atoms with Crippen molar-refractivity contribution in [3.63, 3.8) is 0 Å². The van der Waals surface area contributed by atoms with E-state index in [1.165, 1.54) is 22.7 Å². The van der Waals surface area contributed by atoms with Crippen molar-refractivity contribution in [1.82, 2.24) is 14.8 Å². The number of nitrogens with zero attached hydrogens (tertiary/aromatic N) is 4. The highest BCUT2D eigenvalue weighted by molar-refractivity contribution is 7.99. The highest BCUT2D eigenvalue weighted by atomic mass is 32.2. The number of anilines is 2. The molecule has 0 radical (unpaired) electrons. The molecule has 0 unspecified atom stereocenters. The molecule has 1 aliphatic rings. The van der Waals surface area contributed by atoms with Crippen molar-refractivity contribution in [2.45, 2.75) is 11.7 Å². The topological polar surface area (TPSA) is 80.1 Å². The first kappa shape index (κ1) is 19.8. The highest BCUT2D eigenvalue weighted by Gasteiger charge is 2.27. The first-order valence-corrected chi connectivity index (χ1v) is 10.2. The average Bonchev–Trinajstić information content (AvgIpc) is 3.14. The number of hydrogen-bond acceptors (Lipinski definition) is 5. The Bertz CT molecular complexity index is 1130. The summed E-state index contributed by atoms with van der Waals surface area (Å²) in [6, 6.07) is 13.5.